The average molecular weight is 388 g/mol. The van der Waals surface area contributed by atoms with Gasteiger partial charge in [0.1, 0.15) is 6.61 Å². The fourth-order valence-electron chi connectivity index (χ4n) is 4.71. The summed E-state index contributed by atoms with van der Waals surface area (Å²) in [4.78, 5) is 27.7. The highest BCUT2D eigenvalue weighted by molar-refractivity contribution is 5.99. The highest BCUT2D eigenvalue weighted by atomic mass is 16.6. The van der Waals surface area contributed by atoms with Crippen LogP contribution in [0.4, 0.5) is 4.79 Å². The second kappa shape index (κ2) is 8.08. The van der Waals surface area contributed by atoms with E-state index < -0.39 is 0 Å². The van der Waals surface area contributed by atoms with Crippen molar-refractivity contribution < 1.29 is 14.3 Å². The summed E-state index contributed by atoms with van der Waals surface area (Å²) in [5.74, 6) is 0.0403. The van der Waals surface area contributed by atoms with Gasteiger partial charge >= 0.3 is 6.09 Å². The zero-order valence-electron chi connectivity index (χ0n) is 16.5. The molecule has 29 heavy (non-hydrogen) atoms. The summed E-state index contributed by atoms with van der Waals surface area (Å²) in [5.41, 5.74) is 3.06. The van der Waals surface area contributed by atoms with Gasteiger partial charge in [0.25, 0.3) is 0 Å². The molecule has 2 aromatic carbocycles. The lowest BCUT2D eigenvalue weighted by molar-refractivity contribution is 0.0485. The molecule has 0 N–H and O–H groups in total. The van der Waals surface area contributed by atoms with Gasteiger partial charge in [-0.3, -0.25) is 4.79 Å². The Kier molecular flexibility index (Phi) is 5.35. The fraction of sp³-hybridized carbons (Fsp3) is 0.375. The Morgan fingerprint density at radius 2 is 1.79 bits per heavy atom. The number of aryl methyl sites for hydroxylation is 1. The maximum Gasteiger partial charge on any atom is 0.410 e. The molecule has 2 atom stereocenters. The second-order valence-electron chi connectivity index (χ2n) is 8.01. The number of carbonyl (C=O) groups excluding carboxylic acids is 2. The van der Waals surface area contributed by atoms with E-state index in [-0.39, 0.29) is 36.5 Å². The normalized spacial score (nSPS) is 22.8. The highest BCUT2D eigenvalue weighted by Crippen LogP contribution is 2.40. The van der Waals surface area contributed by atoms with Gasteiger partial charge in [-0.25, -0.2) is 4.79 Å². The van der Waals surface area contributed by atoms with Crippen molar-refractivity contribution in [3.05, 3.63) is 70.8 Å². The first kappa shape index (κ1) is 19.2. The van der Waals surface area contributed by atoms with Gasteiger partial charge < -0.3 is 9.64 Å². The van der Waals surface area contributed by atoms with Crippen LogP contribution in [0.5, 0.6) is 0 Å². The monoisotopic (exact) mass is 388 g/mol. The predicted octanol–water partition coefficient (Wildman–Crippen LogP) is 4.63. The number of hydrogen-bond acceptors (Lipinski definition) is 4. The summed E-state index contributed by atoms with van der Waals surface area (Å²) in [7, 11) is 0. The first-order chi connectivity index (χ1) is 14.1. The molecule has 2 bridgehead atoms. The molecule has 5 heteroatoms. The summed E-state index contributed by atoms with van der Waals surface area (Å²) < 4.78 is 5.54. The first-order valence-electron chi connectivity index (χ1n) is 10.1. The SMILES string of the molecule is Cc1cc(C#N)ccc1C(=O)C1CC2CCC(C1)N2C(=O)OCc1ccccc1. The topological polar surface area (TPSA) is 70.4 Å². The molecule has 0 radical (unpaired) electrons. The van der Waals surface area contributed by atoms with Crippen LogP contribution in [0, 0.1) is 24.2 Å². The van der Waals surface area contributed by atoms with E-state index in [9.17, 15) is 9.59 Å². The minimum Gasteiger partial charge on any atom is -0.445 e. The molecule has 148 valence electrons. The summed E-state index contributed by atoms with van der Waals surface area (Å²) in [6, 6.07) is 17.1. The van der Waals surface area contributed by atoms with Crippen molar-refractivity contribution in [2.45, 2.75) is 51.3 Å². The van der Waals surface area contributed by atoms with E-state index in [0.717, 1.165) is 24.0 Å². The van der Waals surface area contributed by atoms with Crippen molar-refractivity contribution in [3.8, 4) is 6.07 Å². The van der Waals surface area contributed by atoms with Crippen molar-refractivity contribution in [3.63, 3.8) is 0 Å². The molecule has 2 aliphatic rings. The van der Waals surface area contributed by atoms with Crippen LogP contribution in [0.2, 0.25) is 0 Å². The van der Waals surface area contributed by atoms with Crippen molar-refractivity contribution in [1.29, 1.82) is 5.26 Å². The summed E-state index contributed by atoms with van der Waals surface area (Å²) in [5, 5.41) is 9.03. The Morgan fingerprint density at radius 1 is 1.10 bits per heavy atom. The summed E-state index contributed by atoms with van der Waals surface area (Å²) >= 11 is 0. The molecule has 0 saturated carbocycles. The van der Waals surface area contributed by atoms with E-state index >= 15 is 0 Å². The first-order valence-corrected chi connectivity index (χ1v) is 10.1. The molecule has 1 amide bonds. The number of benzene rings is 2. The number of amides is 1. The Hall–Kier alpha value is -3.13. The molecule has 2 aromatic rings. The number of hydrogen-bond donors (Lipinski definition) is 0. The zero-order chi connectivity index (χ0) is 20.4. The van der Waals surface area contributed by atoms with Gasteiger partial charge in [-0.2, -0.15) is 5.26 Å². The molecular formula is C24H24N2O3. The molecule has 2 heterocycles. The predicted molar refractivity (Wildman–Crippen MR) is 108 cm³/mol. The molecule has 2 saturated heterocycles. The van der Waals surface area contributed by atoms with Crippen LogP contribution in [-0.4, -0.2) is 28.9 Å². The summed E-state index contributed by atoms with van der Waals surface area (Å²) in [6.07, 6.45) is 2.91. The van der Waals surface area contributed by atoms with Crippen LogP contribution in [-0.2, 0) is 11.3 Å². The largest absolute Gasteiger partial charge is 0.445 e. The number of nitrogens with zero attached hydrogens (tertiary/aromatic N) is 2. The van der Waals surface area contributed by atoms with Gasteiger partial charge in [0.2, 0.25) is 0 Å². The number of nitriles is 1. The van der Waals surface area contributed by atoms with E-state index in [1.165, 1.54) is 0 Å². The number of piperidine rings is 1. The molecule has 0 aromatic heterocycles. The molecule has 2 fully saturated rings. The Morgan fingerprint density at radius 3 is 2.41 bits per heavy atom. The van der Waals surface area contributed by atoms with E-state index in [4.69, 9.17) is 10.00 Å². The van der Waals surface area contributed by atoms with Crippen molar-refractivity contribution in [1.82, 2.24) is 4.90 Å². The fourth-order valence-corrected chi connectivity index (χ4v) is 4.71. The van der Waals surface area contributed by atoms with Crippen LogP contribution in [0.15, 0.2) is 48.5 Å². The van der Waals surface area contributed by atoms with Crippen LogP contribution in [0.25, 0.3) is 0 Å². The maximum atomic E-state index is 13.1. The Bertz CT molecular complexity index is 950. The van der Waals surface area contributed by atoms with Crippen LogP contribution in [0.3, 0.4) is 0 Å². The lowest BCUT2D eigenvalue weighted by atomic mass is 9.83. The summed E-state index contributed by atoms with van der Waals surface area (Å²) in [6.45, 7) is 2.14. The van der Waals surface area contributed by atoms with Crippen molar-refractivity contribution in [2.75, 3.05) is 0 Å². The second-order valence-corrected chi connectivity index (χ2v) is 8.01. The van der Waals surface area contributed by atoms with Crippen molar-refractivity contribution >= 4 is 11.9 Å². The quantitative estimate of drug-likeness (QED) is 0.716. The molecule has 0 spiro atoms. The van der Waals surface area contributed by atoms with Gasteiger partial charge in [0.15, 0.2) is 5.78 Å². The van der Waals surface area contributed by atoms with Crippen LogP contribution in [0.1, 0.15) is 52.7 Å². The van der Waals surface area contributed by atoms with Gasteiger partial charge in [0, 0.05) is 23.6 Å². The number of ketones is 1. The lowest BCUT2D eigenvalue weighted by Crippen LogP contribution is -2.48. The van der Waals surface area contributed by atoms with Crippen molar-refractivity contribution in [2.24, 2.45) is 5.92 Å². The van der Waals surface area contributed by atoms with E-state index in [1.54, 1.807) is 18.2 Å². The lowest BCUT2D eigenvalue weighted by Gasteiger charge is -2.37. The Balaban J connectivity index is 1.41. The average Bonchev–Trinajstić information content (AvgIpc) is 3.01. The standard InChI is InChI=1S/C24H24N2O3/c1-16-11-18(14-25)7-10-22(16)23(27)19-12-20-8-9-21(13-19)26(20)24(28)29-15-17-5-3-2-4-6-17/h2-7,10-11,19-21H,8-9,12-13,15H2,1H3. The minimum atomic E-state index is -0.276. The third-order valence-electron chi connectivity index (χ3n) is 6.14. The molecule has 5 nitrogen and oxygen atoms in total. The van der Waals surface area contributed by atoms with E-state index in [2.05, 4.69) is 6.07 Å². The van der Waals surface area contributed by atoms with Crippen LogP contribution < -0.4 is 0 Å². The van der Waals surface area contributed by atoms with E-state index in [1.807, 2.05) is 42.2 Å². The molecule has 0 aliphatic carbocycles. The van der Waals surface area contributed by atoms with Gasteiger partial charge in [-0.15, -0.1) is 0 Å². The van der Waals surface area contributed by atoms with Crippen LogP contribution >= 0.6 is 0 Å². The smallest absolute Gasteiger partial charge is 0.410 e. The molecule has 4 rings (SSSR count). The number of rotatable bonds is 4. The van der Waals surface area contributed by atoms with E-state index in [0.29, 0.717) is 24.0 Å². The number of ether oxygens (including phenoxy) is 1. The van der Waals surface area contributed by atoms with Gasteiger partial charge in [0.05, 0.1) is 11.6 Å². The zero-order valence-corrected chi connectivity index (χ0v) is 16.5. The highest BCUT2D eigenvalue weighted by Gasteiger charge is 2.46. The number of Topliss-reactive ketones (excluding diaryl/α,β-unsaturated/α-hetero) is 1. The van der Waals surface area contributed by atoms with Gasteiger partial charge in [-0.1, -0.05) is 30.3 Å². The minimum absolute atomic E-state index is 0.0599. The molecule has 2 aliphatic heterocycles. The maximum absolute atomic E-state index is 13.1. The van der Waals surface area contributed by atoms with Gasteiger partial charge in [-0.05, 0) is 61.9 Å². The molecule has 2 unspecified atom stereocenters. The Labute approximate surface area is 170 Å². The molecular weight excluding hydrogens is 364 g/mol. The number of carbonyl (C=O) groups is 2. The third kappa shape index (κ3) is 3.88. The number of fused-ring (bicyclic) bond motifs is 2. The third-order valence-corrected chi connectivity index (χ3v) is 6.14.